The zero-order valence-electron chi connectivity index (χ0n) is 81.6. The summed E-state index contributed by atoms with van der Waals surface area (Å²) < 4.78 is 47.4. The molecule has 36 heteroatoms. The van der Waals surface area contributed by atoms with Crippen LogP contribution in [-0.4, -0.2) is 163 Å². The molecule has 6 N–H and O–H groups in total. The number of para-hydroxylation sites is 7. The van der Waals surface area contributed by atoms with E-state index in [-0.39, 0.29) is 39.6 Å². The highest BCUT2D eigenvalue weighted by atomic mass is 19.4. The van der Waals surface area contributed by atoms with Crippen LogP contribution in [-0.2, 0) is 11.6 Å². The molecule has 8 aromatic carbocycles. The van der Waals surface area contributed by atoms with Gasteiger partial charge in [0.05, 0.1) is 93.9 Å². The molecule has 0 atom stereocenters. The maximum atomic E-state index is 13.1. The second kappa shape index (κ2) is 46.2. The van der Waals surface area contributed by atoms with Gasteiger partial charge in [-0.15, -0.1) is 0 Å². The Kier molecular flexibility index (Phi) is 33.6. The van der Waals surface area contributed by atoms with Gasteiger partial charge >= 0.3 is 6.18 Å². The Labute approximate surface area is 830 Å². The van der Waals surface area contributed by atoms with Crippen LogP contribution in [0.15, 0.2) is 254 Å². The smallest absolute Gasteiger partial charge is 0.416 e. The molecule has 1 aliphatic carbocycles. The van der Waals surface area contributed by atoms with Crippen molar-refractivity contribution in [2.75, 3.05) is 54.0 Å². The van der Waals surface area contributed by atoms with Crippen molar-refractivity contribution >= 4 is 51.8 Å². The fourth-order valence-electron chi connectivity index (χ4n) is 17.2. The summed E-state index contributed by atoms with van der Waals surface area (Å²) in [6, 6.07) is 57.6. The maximum absolute atomic E-state index is 13.1. The van der Waals surface area contributed by atoms with Gasteiger partial charge in [0.15, 0.2) is 103 Å². The molecule has 33 nitrogen and oxygen atoms in total. The van der Waals surface area contributed by atoms with Gasteiger partial charge in [-0.25, -0.2) is 28.1 Å². The number of aromatic hydroxyl groups is 6. The number of anilines is 3. The van der Waals surface area contributed by atoms with Crippen LogP contribution in [0.25, 0.3) is 56.4 Å². The molecule has 14 aromatic rings. The summed E-state index contributed by atoms with van der Waals surface area (Å²) in [5.74, 6) is -5.76. The summed E-state index contributed by atoms with van der Waals surface area (Å²) in [5, 5.41) is 83.6. The number of aromatic nitrogens is 12. The third kappa shape index (κ3) is 25.2. The minimum atomic E-state index is -4.57. The molecule has 0 bridgehead atoms. The zero-order valence-corrected chi connectivity index (χ0v) is 81.6. The lowest BCUT2D eigenvalue weighted by molar-refractivity contribution is -0.137. The van der Waals surface area contributed by atoms with Gasteiger partial charge in [0.1, 0.15) is 0 Å². The van der Waals surface area contributed by atoms with Gasteiger partial charge in [-0.3, -0.25) is 57.5 Å². The quantitative estimate of drug-likeness (QED) is 0.0434. The minimum Gasteiger partial charge on any atom is -0.503 e. The Bertz CT molecular complexity index is 7470. The molecular weight excluding hydrogens is 1860 g/mol. The lowest BCUT2D eigenvalue weighted by atomic mass is 9.83. The van der Waals surface area contributed by atoms with E-state index in [1.807, 2.05) is 163 Å². The Balaban J connectivity index is 0.000000146. The number of benzene rings is 8. The van der Waals surface area contributed by atoms with Crippen molar-refractivity contribution in [2.45, 2.75) is 164 Å². The van der Waals surface area contributed by atoms with Crippen molar-refractivity contribution in [1.29, 1.82) is 0 Å². The van der Waals surface area contributed by atoms with Gasteiger partial charge in [0.25, 0.3) is 32.6 Å². The van der Waals surface area contributed by atoms with Crippen molar-refractivity contribution in [3.05, 3.63) is 343 Å². The normalized spacial score (nSPS) is 13.5. The van der Waals surface area contributed by atoms with Crippen LogP contribution in [0.5, 0.6) is 34.5 Å². The van der Waals surface area contributed by atoms with Gasteiger partial charge in [-0.05, 0) is 159 Å². The predicted octanol–water partition coefficient (Wildman–Crippen LogP) is 17.0. The third-order valence-electron chi connectivity index (χ3n) is 24.8. The largest absolute Gasteiger partial charge is 0.503 e. The number of aryl methyl sites for hydroxylation is 1. The second-order valence-electron chi connectivity index (χ2n) is 36.4. The lowest BCUT2D eigenvalue weighted by Gasteiger charge is -2.30. The average molecular weight is 1980 g/mol. The molecule has 1 saturated carbocycles. The number of Topliss-reactive ketones (excluding diaryl/α,β-unsaturated/α-hetero) is 6. The van der Waals surface area contributed by atoms with Crippen LogP contribution in [0, 0.1) is 6.92 Å². The standard InChI is InChI=1S/C22H22N2O3.C19H16N2O3.C18H20N2O3.C17H16F3N3O3.C17H19N3O3.C16H17N3O3/c1-14(25)20-21(27)19(26)13-24(23-20)18-8-6-5-7-17(18)15-9-11-16(12-10-15)22(2,3)4;1-12-7-9-14(10-8-12)15-5-3-4-6-16(15)21-11-17(23)19(24)18(20-21)13(2)22;1-12(21)17-18(23)16(22)11-20(19-17)15-10-6-5-9-14(15)13-7-3-2-4-8-13;1-10(24)15-16(26)14(25)9-23(21-15)13-8-11(17(18,19)20)4-5-12(13)22-6-2-3-7-22;1-12(21)16-17(23)15(22)11-20(18-16)14-8-4-3-7-13(14)19-9-5-2-6-10-19;1-11(20)15-16(22)14(21)10-19(17-15)13-7-3-2-6-12(13)18-8-4-5-9-18/h5-13,26H,1-4H3;3-11,23H,1-2H3;5-6,9-11,13,22H,2-4,7-8H2,1H3;4-5,8-9,25H,2-3,6-7H2,1H3;3-4,7-8,11,22H,2,5-6,9-10H2,1H3;2-3,6-7,10,21H,4-5,8-9H2,1H3. The predicted molar refractivity (Wildman–Crippen MR) is 543 cm³/mol. The van der Waals surface area contributed by atoms with Gasteiger partial charge in [-0.1, -0.05) is 173 Å². The van der Waals surface area contributed by atoms with E-state index in [0.29, 0.717) is 36.1 Å². The number of nitrogens with zero attached hydrogens (tertiary/aromatic N) is 15. The summed E-state index contributed by atoms with van der Waals surface area (Å²) in [7, 11) is 0. The van der Waals surface area contributed by atoms with E-state index in [1.54, 1.807) is 0 Å². The van der Waals surface area contributed by atoms with E-state index in [9.17, 15) is 101 Å². The first-order valence-corrected chi connectivity index (χ1v) is 47.2. The van der Waals surface area contributed by atoms with Gasteiger partial charge in [-0.2, -0.15) is 43.8 Å². The molecule has 0 unspecified atom stereocenters. The highest BCUT2D eigenvalue weighted by Crippen LogP contribution is 2.40. The number of hydrogen-bond acceptors (Lipinski definition) is 27. The van der Waals surface area contributed by atoms with E-state index in [2.05, 4.69) is 79.4 Å². The summed E-state index contributed by atoms with van der Waals surface area (Å²) in [6.07, 6.45) is 16.1. The highest BCUT2D eigenvalue weighted by molar-refractivity contribution is 5.95. The van der Waals surface area contributed by atoms with Crippen LogP contribution in [0.1, 0.15) is 230 Å². The Hall–Kier alpha value is -17.0. The van der Waals surface area contributed by atoms with Crippen molar-refractivity contribution < 1.29 is 72.6 Å². The molecule has 0 spiro atoms. The minimum absolute atomic E-state index is 0.0412. The van der Waals surface area contributed by atoms with E-state index >= 15 is 0 Å². The molecule has 4 fully saturated rings. The van der Waals surface area contributed by atoms with Crippen molar-refractivity contribution in [3.8, 4) is 90.9 Å². The number of rotatable bonds is 18. The Morgan fingerprint density at radius 3 is 0.855 bits per heavy atom. The number of carbonyl (C=O) groups is 6. The molecular formula is C109H110F3N15O18. The van der Waals surface area contributed by atoms with Crippen molar-refractivity contribution in [2.24, 2.45) is 0 Å². The molecule has 3 aliphatic heterocycles. The lowest BCUT2D eigenvalue weighted by Crippen LogP contribution is -2.30. The Morgan fingerprint density at radius 1 is 0.290 bits per heavy atom. The molecule has 0 radical (unpaired) electrons. The summed E-state index contributed by atoms with van der Waals surface area (Å²) in [6.45, 7) is 21.1. The first-order chi connectivity index (χ1) is 69.1. The number of ketones is 6. The number of hydrogen-bond donors (Lipinski definition) is 6. The van der Waals surface area contributed by atoms with Gasteiger partial charge in [0, 0.05) is 91.9 Å². The van der Waals surface area contributed by atoms with Gasteiger partial charge < -0.3 is 45.3 Å². The molecule has 750 valence electrons. The van der Waals surface area contributed by atoms with E-state index < -0.39 is 119 Å². The Morgan fingerprint density at radius 2 is 0.538 bits per heavy atom. The molecule has 0 amide bonds. The number of piperidine rings is 1. The first kappa shape index (κ1) is 105. The molecule has 9 heterocycles. The van der Waals surface area contributed by atoms with E-state index in [1.165, 1.54) is 126 Å². The fourth-order valence-corrected chi connectivity index (χ4v) is 17.2. The fraction of sp³-hybridized carbons (Fsp3) is 0.284. The first-order valence-electron chi connectivity index (χ1n) is 47.2. The second-order valence-corrected chi connectivity index (χ2v) is 36.4. The van der Waals surface area contributed by atoms with Crippen LogP contribution in [0.3, 0.4) is 0 Å². The van der Waals surface area contributed by atoms with Crippen molar-refractivity contribution in [1.82, 2.24) is 58.7 Å². The zero-order chi connectivity index (χ0) is 105. The monoisotopic (exact) mass is 1970 g/mol. The molecule has 6 aromatic heterocycles. The third-order valence-corrected chi connectivity index (χ3v) is 24.8. The van der Waals surface area contributed by atoms with Crippen molar-refractivity contribution in [3.63, 3.8) is 0 Å². The molecule has 18 rings (SSSR count). The number of halogens is 3. The average Bonchev–Trinajstić information content (AvgIpc) is 1.76. The number of carbonyl (C=O) groups excluding carboxylic acids is 6. The summed E-state index contributed by atoms with van der Waals surface area (Å²) in [4.78, 5) is 147. The van der Waals surface area contributed by atoms with Crippen LogP contribution in [0.2, 0.25) is 0 Å². The molecule has 4 aliphatic rings. The maximum Gasteiger partial charge on any atom is 0.416 e. The molecule has 3 saturated heterocycles. The summed E-state index contributed by atoms with van der Waals surface area (Å²) in [5.41, 5.74) is 6.01. The van der Waals surface area contributed by atoms with Crippen LogP contribution in [0.4, 0.5) is 30.2 Å². The highest BCUT2D eigenvalue weighted by Gasteiger charge is 2.34. The number of alkyl halides is 3. The SMILES string of the molecule is CC(=O)c1nn(-c2cc(C(F)(F)F)ccc2N2CCCC2)cc(O)c1=O.CC(=O)c1nn(-c2ccccc2-c2ccc(C(C)(C)C)cc2)cc(O)c1=O.CC(=O)c1nn(-c2ccccc2-c2ccc(C)cc2)cc(O)c1=O.CC(=O)c1nn(-c2ccccc2C2CCCCC2)cc(O)c1=O.CC(=O)c1nn(-c2ccccc2N2CCCC2)cc(O)c1=O.CC(=O)c1nn(-c2ccccc2N2CCCCC2)cc(O)c1=O. The van der Waals surface area contributed by atoms with Gasteiger partial charge in [0.2, 0.25) is 0 Å². The molecule has 145 heavy (non-hydrogen) atoms. The van der Waals surface area contributed by atoms with Crippen LogP contribution < -0.4 is 47.3 Å². The van der Waals surface area contributed by atoms with Crippen LogP contribution >= 0.6 is 0 Å². The van der Waals surface area contributed by atoms with E-state index in [0.717, 1.165) is 169 Å². The summed E-state index contributed by atoms with van der Waals surface area (Å²) >= 11 is 0. The topological polar surface area (TPSA) is 443 Å². The van der Waals surface area contributed by atoms with E-state index in [4.69, 9.17) is 0 Å².